The first kappa shape index (κ1) is 17.7. The fourth-order valence-electron chi connectivity index (χ4n) is 3.44. The maximum Gasteiger partial charge on any atom is 0.272 e. The van der Waals surface area contributed by atoms with E-state index in [9.17, 15) is 4.79 Å². The zero-order valence-corrected chi connectivity index (χ0v) is 15.6. The second kappa shape index (κ2) is 7.92. The molecule has 0 N–H and O–H groups in total. The summed E-state index contributed by atoms with van der Waals surface area (Å²) in [4.78, 5) is 23.1. The topological polar surface area (TPSA) is 59.2 Å². The lowest BCUT2D eigenvalue weighted by atomic mass is 9.97. The van der Waals surface area contributed by atoms with Crippen molar-refractivity contribution in [3.63, 3.8) is 0 Å². The van der Waals surface area contributed by atoms with Gasteiger partial charge in [-0.05, 0) is 36.6 Å². The number of amides is 1. The first-order valence-electron chi connectivity index (χ1n) is 9.09. The fourth-order valence-corrected chi connectivity index (χ4v) is 3.64. The smallest absolute Gasteiger partial charge is 0.272 e. The van der Waals surface area contributed by atoms with E-state index in [2.05, 4.69) is 9.97 Å². The minimum absolute atomic E-state index is 0.0388. The summed E-state index contributed by atoms with van der Waals surface area (Å²) in [5.74, 6) is 1.54. The van der Waals surface area contributed by atoms with Crippen LogP contribution in [0.2, 0.25) is 5.02 Å². The molecule has 1 fully saturated rings. The van der Waals surface area contributed by atoms with Crippen LogP contribution in [0.5, 0.6) is 0 Å². The van der Waals surface area contributed by atoms with Gasteiger partial charge in [0.05, 0.1) is 12.1 Å². The Morgan fingerprint density at radius 3 is 2.85 bits per heavy atom. The highest BCUT2D eigenvalue weighted by Crippen LogP contribution is 2.28. The number of carbonyl (C=O) groups is 1. The van der Waals surface area contributed by atoms with Crippen molar-refractivity contribution in [1.29, 1.82) is 0 Å². The number of rotatable bonds is 4. The van der Waals surface area contributed by atoms with Gasteiger partial charge in [0, 0.05) is 30.7 Å². The predicted octanol–water partition coefficient (Wildman–Crippen LogP) is 4.33. The number of hydrogen-bond donors (Lipinski definition) is 0. The molecule has 2 aromatic heterocycles. The third-order valence-corrected chi connectivity index (χ3v) is 5.20. The Kier molecular flexibility index (Phi) is 5.21. The Labute approximate surface area is 163 Å². The highest BCUT2D eigenvalue weighted by atomic mass is 35.5. The van der Waals surface area contributed by atoms with E-state index >= 15 is 0 Å². The molecule has 0 bridgehead atoms. The normalized spacial score (nSPS) is 17.1. The summed E-state index contributed by atoms with van der Waals surface area (Å²) in [7, 11) is 0. The van der Waals surface area contributed by atoms with Crippen LogP contribution in [0.15, 0.2) is 59.3 Å². The van der Waals surface area contributed by atoms with Crippen molar-refractivity contribution >= 4 is 17.5 Å². The number of likely N-dealkylation sites (tertiary alicyclic amines) is 1. The maximum atomic E-state index is 12.7. The Bertz CT molecular complexity index is 926. The van der Waals surface area contributed by atoms with Crippen LogP contribution < -0.4 is 0 Å². The van der Waals surface area contributed by atoms with Gasteiger partial charge in [-0.25, -0.2) is 4.98 Å². The number of halogens is 1. The molecule has 0 saturated carbocycles. The average Bonchev–Trinajstić information content (AvgIpc) is 3.19. The van der Waals surface area contributed by atoms with Crippen molar-refractivity contribution in [2.75, 3.05) is 13.1 Å². The summed E-state index contributed by atoms with van der Waals surface area (Å²) in [6.45, 7) is 1.33. The number of oxazole rings is 1. The average molecular weight is 382 g/mol. The van der Waals surface area contributed by atoms with E-state index in [0.717, 1.165) is 35.7 Å². The monoisotopic (exact) mass is 381 g/mol. The van der Waals surface area contributed by atoms with Gasteiger partial charge in [-0.15, -0.1) is 0 Å². The lowest BCUT2D eigenvalue weighted by Crippen LogP contribution is -2.39. The highest BCUT2D eigenvalue weighted by Gasteiger charge is 2.28. The molecule has 27 heavy (non-hydrogen) atoms. The van der Waals surface area contributed by atoms with Crippen molar-refractivity contribution in [3.05, 3.63) is 82.8 Å². The highest BCUT2D eigenvalue weighted by molar-refractivity contribution is 6.31. The summed E-state index contributed by atoms with van der Waals surface area (Å²) in [6.07, 6.45) is 5.89. The first-order chi connectivity index (χ1) is 13.2. The molecule has 1 unspecified atom stereocenters. The fraction of sp³-hybridized carbons (Fsp3) is 0.286. The third-order valence-electron chi connectivity index (χ3n) is 4.84. The molecule has 4 rings (SSSR count). The van der Waals surface area contributed by atoms with Gasteiger partial charge in [0.25, 0.3) is 5.91 Å². The minimum Gasteiger partial charge on any atom is -0.445 e. The zero-order chi connectivity index (χ0) is 18.6. The molecule has 3 aromatic rings. The van der Waals surface area contributed by atoms with E-state index in [1.165, 1.54) is 0 Å². The third kappa shape index (κ3) is 4.03. The summed E-state index contributed by atoms with van der Waals surface area (Å²) in [5.41, 5.74) is 1.49. The molecule has 138 valence electrons. The van der Waals surface area contributed by atoms with E-state index in [4.69, 9.17) is 16.0 Å². The standard InChI is InChI=1S/C21H20ClN3O2/c22-18-8-2-1-6-15(18)12-17-13-24-20(27-17)16-7-5-11-25(14-16)21(26)19-9-3-4-10-23-19/h1-4,6,8-10,13,16H,5,7,11-12,14H2. The Balaban J connectivity index is 1.45. The van der Waals surface area contributed by atoms with E-state index in [0.29, 0.717) is 24.6 Å². The lowest BCUT2D eigenvalue weighted by molar-refractivity contribution is 0.0692. The van der Waals surface area contributed by atoms with E-state index in [-0.39, 0.29) is 11.8 Å². The quantitative estimate of drug-likeness (QED) is 0.674. The van der Waals surface area contributed by atoms with Gasteiger partial charge in [0.1, 0.15) is 11.5 Å². The number of piperidine rings is 1. The molecule has 6 heteroatoms. The molecule has 1 aliphatic rings. The summed E-state index contributed by atoms with van der Waals surface area (Å²) in [5, 5.41) is 0.722. The molecule has 1 saturated heterocycles. The minimum atomic E-state index is -0.0388. The lowest BCUT2D eigenvalue weighted by Gasteiger charge is -2.31. The molecule has 1 amide bonds. The van der Waals surface area contributed by atoms with Gasteiger partial charge >= 0.3 is 0 Å². The molecule has 0 spiro atoms. The first-order valence-corrected chi connectivity index (χ1v) is 9.47. The Hall–Kier alpha value is -2.66. The number of hydrogen-bond acceptors (Lipinski definition) is 4. The van der Waals surface area contributed by atoms with Crippen LogP contribution in [0, 0.1) is 0 Å². The Morgan fingerprint density at radius 1 is 1.19 bits per heavy atom. The van der Waals surface area contributed by atoms with Gasteiger partial charge in [-0.2, -0.15) is 0 Å². The van der Waals surface area contributed by atoms with Crippen molar-refractivity contribution in [3.8, 4) is 0 Å². The zero-order valence-electron chi connectivity index (χ0n) is 14.8. The molecular weight excluding hydrogens is 362 g/mol. The summed E-state index contributed by atoms with van der Waals surface area (Å²) >= 11 is 6.23. The summed E-state index contributed by atoms with van der Waals surface area (Å²) < 4.78 is 5.99. The number of carbonyl (C=O) groups excluding carboxylic acids is 1. The predicted molar refractivity (Wildman–Crippen MR) is 103 cm³/mol. The van der Waals surface area contributed by atoms with Crippen LogP contribution in [0.1, 0.15) is 46.5 Å². The van der Waals surface area contributed by atoms with Crippen LogP contribution in [0.25, 0.3) is 0 Å². The number of aromatic nitrogens is 2. The van der Waals surface area contributed by atoms with E-state index in [1.54, 1.807) is 18.5 Å². The number of nitrogens with zero attached hydrogens (tertiary/aromatic N) is 3. The molecular formula is C21H20ClN3O2. The molecule has 1 aliphatic heterocycles. The number of pyridine rings is 1. The molecule has 0 radical (unpaired) electrons. The maximum absolute atomic E-state index is 12.7. The molecule has 0 aliphatic carbocycles. The van der Waals surface area contributed by atoms with Crippen LogP contribution in [-0.2, 0) is 6.42 Å². The number of benzene rings is 1. The van der Waals surface area contributed by atoms with Crippen LogP contribution >= 0.6 is 11.6 Å². The second-order valence-corrected chi connectivity index (χ2v) is 7.15. The molecule has 1 aromatic carbocycles. The van der Waals surface area contributed by atoms with Crippen LogP contribution in [0.3, 0.4) is 0 Å². The molecule has 5 nitrogen and oxygen atoms in total. The molecule has 3 heterocycles. The van der Waals surface area contributed by atoms with Gasteiger partial charge in [-0.1, -0.05) is 35.9 Å². The van der Waals surface area contributed by atoms with Crippen LogP contribution in [-0.4, -0.2) is 33.9 Å². The van der Waals surface area contributed by atoms with Crippen molar-refractivity contribution < 1.29 is 9.21 Å². The van der Waals surface area contributed by atoms with Crippen molar-refractivity contribution in [2.45, 2.75) is 25.2 Å². The van der Waals surface area contributed by atoms with Gasteiger partial charge < -0.3 is 9.32 Å². The van der Waals surface area contributed by atoms with Gasteiger partial charge in [0.2, 0.25) is 0 Å². The van der Waals surface area contributed by atoms with Crippen molar-refractivity contribution in [2.24, 2.45) is 0 Å². The van der Waals surface area contributed by atoms with Crippen molar-refractivity contribution in [1.82, 2.24) is 14.9 Å². The molecule has 1 atom stereocenters. The van der Waals surface area contributed by atoms with Gasteiger partial charge in [-0.3, -0.25) is 9.78 Å². The van der Waals surface area contributed by atoms with Crippen LogP contribution in [0.4, 0.5) is 0 Å². The Morgan fingerprint density at radius 2 is 2.04 bits per heavy atom. The SMILES string of the molecule is O=C(c1ccccn1)N1CCCC(c2ncc(Cc3ccccc3Cl)o2)C1. The van der Waals surface area contributed by atoms with E-state index < -0.39 is 0 Å². The largest absolute Gasteiger partial charge is 0.445 e. The summed E-state index contributed by atoms with van der Waals surface area (Å²) in [6, 6.07) is 13.1. The van der Waals surface area contributed by atoms with Gasteiger partial charge in [0.15, 0.2) is 5.89 Å². The second-order valence-electron chi connectivity index (χ2n) is 6.74. The van der Waals surface area contributed by atoms with E-state index in [1.807, 2.05) is 41.3 Å².